The summed E-state index contributed by atoms with van der Waals surface area (Å²) in [6, 6.07) is 11.7. The molecule has 0 unspecified atom stereocenters. The van der Waals surface area contributed by atoms with E-state index in [2.05, 4.69) is 5.32 Å². The second-order valence-electron chi connectivity index (χ2n) is 6.29. The van der Waals surface area contributed by atoms with E-state index in [0.29, 0.717) is 28.1 Å². The molecule has 0 aliphatic heterocycles. The summed E-state index contributed by atoms with van der Waals surface area (Å²) in [5.74, 6) is 0.0238. The molecule has 0 spiro atoms. The van der Waals surface area contributed by atoms with Gasteiger partial charge in [0.15, 0.2) is 12.4 Å². The molecule has 0 radical (unpaired) electrons. The Bertz CT molecular complexity index is 1100. The van der Waals surface area contributed by atoms with Crippen LogP contribution in [0.2, 0.25) is 0 Å². The van der Waals surface area contributed by atoms with Crippen molar-refractivity contribution in [3.8, 4) is 5.75 Å². The summed E-state index contributed by atoms with van der Waals surface area (Å²) in [6.07, 6.45) is 0. The van der Waals surface area contributed by atoms with Crippen LogP contribution in [-0.4, -0.2) is 18.3 Å². The topological polar surface area (TPSA) is 85.6 Å². The maximum atomic E-state index is 12.2. The SMILES string of the molecule is CC(=O)c1cccc(NC(=O)COc2ccc3c(C)cc(=O)oc3c2C)c1. The van der Waals surface area contributed by atoms with Crippen LogP contribution in [0, 0.1) is 13.8 Å². The largest absolute Gasteiger partial charge is 0.483 e. The summed E-state index contributed by atoms with van der Waals surface area (Å²) in [4.78, 5) is 35.2. The number of rotatable bonds is 5. The highest BCUT2D eigenvalue weighted by Crippen LogP contribution is 2.28. The van der Waals surface area contributed by atoms with Gasteiger partial charge in [0, 0.05) is 28.3 Å². The van der Waals surface area contributed by atoms with Crippen molar-refractivity contribution < 1.29 is 18.7 Å². The normalized spacial score (nSPS) is 10.6. The van der Waals surface area contributed by atoms with E-state index < -0.39 is 5.63 Å². The third-order valence-corrected chi connectivity index (χ3v) is 4.23. The molecule has 0 aliphatic rings. The number of aryl methyl sites for hydroxylation is 2. The van der Waals surface area contributed by atoms with Gasteiger partial charge >= 0.3 is 5.63 Å². The number of ether oxygens (including phenoxy) is 1. The van der Waals surface area contributed by atoms with E-state index in [1.54, 1.807) is 43.3 Å². The second kappa shape index (κ2) is 7.45. The highest BCUT2D eigenvalue weighted by molar-refractivity contribution is 5.97. The summed E-state index contributed by atoms with van der Waals surface area (Å²) in [7, 11) is 0. The minimum atomic E-state index is -0.427. The molecule has 0 aliphatic carbocycles. The Morgan fingerprint density at radius 2 is 1.89 bits per heavy atom. The van der Waals surface area contributed by atoms with Crippen molar-refractivity contribution in [3.63, 3.8) is 0 Å². The van der Waals surface area contributed by atoms with E-state index in [1.165, 1.54) is 13.0 Å². The predicted octanol–water partition coefficient (Wildman–Crippen LogP) is 3.63. The molecule has 1 heterocycles. The van der Waals surface area contributed by atoms with Gasteiger partial charge in [-0.25, -0.2) is 4.79 Å². The first-order chi connectivity index (χ1) is 12.8. The van der Waals surface area contributed by atoms with Gasteiger partial charge in [-0.3, -0.25) is 9.59 Å². The lowest BCUT2D eigenvalue weighted by Gasteiger charge is -2.12. The first kappa shape index (κ1) is 18.4. The number of benzene rings is 2. The standard InChI is InChI=1S/C21H19NO5/c1-12-9-20(25)27-21-13(2)18(8-7-17(12)21)26-11-19(24)22-16-6-4-5-15(10-16)14(3)23/h4-10H,11H2,1-3H3,(H,22,24). The molecule has 3 rings (SSSR count). The van der Waals surface area contributed by atoms with Gasteiger partial charge in [0.25, 0.3) is 5.91 Å². The Morgan fingerprint density at radius 1 is 1.11 bits per heavy atom. The third kappa shape index (κ3) is 4.06. The fraction of sp³-hybridized carbons (Fsp3) is 0.190. The lowest BCUT2D eigenvalue weighted by Crippen LogP contribution is -2.20. The van der Waals surface area contributed by atoms with Crippen LogP contribution in [0.4, 0.5) is 5.69 Å². The summed E-state index contributed by atoms with van der Waals surface area (Å²) in [6.45, 7) is 4.86. The van der Waals surface area contributed by atoms with Crippen molar-refractivity contribution in [2.45, 2.75) is 20.8 Å². The molecule has 2 aromatic carbocycles. The maximum Gasteiger partial charge on any atom is 0.336 e. The molecular formula is C21H19NO5. The van der Waals surface area contributed by atoms with Crippen LogP contribution in [0.25, 0.3) is 11.0 Å². The van der Waals surface area contributed by atoms with Crippen molar-refractivity contribution in [1.82, 2.24) is 0 Å². The molecular weight excluding hydrogens is 346 g/mol. The average molecular weight is 365 g/mol. The van der Waals surface area contributed by atoms with Gasteiger partial charge in [0.1, 0.15) is 11.3 Å². The van der Waals surface area contributed by atoms with Crippen molar-refractivity contribution in [2.75, 3.05) is 11.9 Å². The zero-order valence-corrected chi connectivity index (χ0v) is 15.3. The molecule has 0 bridgehead atoms. The van der Waals surface area contributed by atoms with Gasteiger partial charge in [-0.15, -0.1) is 0 Å². The molecule has 6 heteroatoms. The first-order valence-corrected chi connectivity index (χ1v) is 8.43. The smallest absolute Gasteiger partial charge is 0.336 e. The van der Waals surface area contributed by atoms with Gasteiger partial charge in [0.05, 0.1) is 0 Å². The molecule has 6 nitrogen and oxygen atoms in total. The molecule has 1 aromatic heterocycles. The van der Waals surface area contributed by atoms with Crippen LogP contribution >= 0.6 is 0 Å². The van der Waals surface area contributed by atoms with Gasteiger partial charge < -0.3 is 14.5 Å². The van der Waals surface area contributed by atoms with E-state index in [9.17, 15) is 14.4 Å². The van der Waals surface area contributed by atoms with Crippen molar-refractivity contribution in [2.24, 2.45) is 0 Å². The van der Waals surface area contributed by atoms with Crippen molar-refractivity contribution in [1.29, 1.82) is 0 Å². The number of hydrogen-bond acceptors (Lipinski definition) is 5. The number of ketones is 1. The molecule has 138 valence electrons. The fourth-order valence-electron chi connectivity index (χ4n) is 2.81. The number of anilines is 1. The third-order valence-electron chi connectivity index (χ3n) is 4.23. The van der Waals surface area contributed by atoms with E-state index in [1.807, 2.05) is 6.92 Å². The quantitative estimate of drug-likeness (QED) is 0.551. The molecule has 0 fully saturated rings. The monoisotopic (exact) mass is 365 g/mol. The van der Waals surface area contributed by atoms with Crippen LogP contribution in [0.1, 0.15) is 28.4 Å². The zero-order chi connectivity index (χ0) is 19.6. The minimum Gasteiger partial charge on any atom is -0.483 e. The molecule has 0 saturated carbocycles. The molecule has 3 aromatic rings. The summed E-state index contributed by atoms with van der Waals surface area (Å²) in [5.41, 5.74) is 2.53. The van der Waals surface area contributed by atoms with E-state index >= 15 is 0 Å². The zero-order valence-electron chi connectivity index (χ0n) is 15.3. The number of fused-ring (bicyclic) bond motifs is 1. The van der Waals surface area contributed by atoms with Crippen LogP contribution in [0.3, 0.4) is 0 Å². The summed E-state index contributed by atoms with van der Waals surface area (Å²) < 4.78 is 10.9. The fourth-order valence-corrected chi connectivity index (χ4v) is 2.81. The van der Waals surface area contributed by atoms with Gasteiger partial charge in [0.2, 0.25) is 0 Å². The Labute approximate surface area is 155 Å². The number of carbonyl (C=O) groups is 2. The van der Waals surface area contributed by atoms with Crippen LogP contribution in [-0.2, 0) is 4.79 Å². The molecule has 27 heavy (non-hydrogen) atoms. The van der Waals surface area contributed by atoms with Crippen molar-refractivity contribution in [3.05, 3.63) is 69.6 Å². The second-order valence-corrected chi connectivity index (χ2v) is 6.29. The number of nitrogens with one attached hydrogen (secondary N) is 1. The van der Waals surface area contributed by atoms with E-state index in [-0.39, 0.29) is 18.3 Å². The Balaban J connectivity index is 1.74. The number of carbonyl (C=O) groups excluding carboxylic acids is 2. The average Bonchev–Trinajstić information content (AvgIpc) is 2.62. The van der Waals surface area contributed by atoms with E-state index in [4.69, 9.17) is 9.15 Å². The molecule has 0 atom stereocenters. The van der Waals surface area contributed by atoms with Gasteiger partial charge in [-0.05, 0) is 50.6 Å². The number of Topliss-reactive ketones (excluding diaryl/α,β-unsaturated/α-hetero) is 1. The Morgan fingerprint density at radius 3 is 2.63 bits per heavy atom. The Kier molecular flexibility index (Phi) is 5.07. The van der Waals surface area contributed by atoms with Gasteiger partial charge in [-0.2, -0.15) is 0 Å². The lowest BCUT2D eigenvalue weighted by atomic mass is 10.1. The summed E-state index contributed by atoms with van der Waals surface area (Å²) >= 11 is 0. The van der Waals surface area contributed by atoms with E-state index in [0.717, 1.165) is 10.9 Å². The van der Waals surface area contributed by atoms with Crippen LogP contribution in [0.5, 0.6) is 5.75 Å². The van der Waals surface area contributed by atoms with Crippen LogP contribution in [0.15, 0.2) is 51.7 Å². The molecule has 1 N–H and O–H groups in total. The maximum absolute atomic E-state index is 12.2. The lowest BCUT2D eigenvalue weighted by molar-refractivity contribution is -0.118. The highest BCUT2D eigenvalue weighted by atomic mass is 16.5. The first-order valence-electron chi connectivity index (χ1n) is 8.43. The number of hydrogen-bond donors (Lipinski definition) is 1. The van der Waals surface area contributed by atoms with Crippen LogP contribution < -0.4 is 15.7 Å². The minimum absolute atomic E-state index is 0.0778. The predicted molar refractivity (Wildman–Crippen MR) is 103 cm³/mol. The Hall–Kier alpha value is -3.41. The molecule has 1 amide bonds. The molecule has 0 saturated heterocycles. The number of amides is 1. The van der Waals surface area contributed by atoms with Crippen molar-refractivity contribution >= 4 is 28.3 Å². The highest BCUT2D eigenvalue weighted by Gasteiger charge is 2.12. The summed E-state index contributed by atoms with van der Waals surface area (Å²) in [5, 5.41) is 3.52. The van der Waals surface area contributed by atoms with Gasteiger partial charge in [-0.1, -0.05) is 12.1 Å².